The van der Waals surface area contributed by atoms with E-state index in [4.69, 9.17) is 0 Å². The summed E-state index contributed by atoms with van der Waals surface area (Å²) in [5.41, 5.74) is 1.72. The largest absolute Gasteiger partial charge is 0.0890 e. The number of hydrogen-bond donors (Lipinski definition) is 0. The van der Waals surface area contributed by atoms with E-state index in [0.29, 0.717) is 0 Å². The average molecular weight is 201 g/mol. The van der Waals surface area contributed by atoms with Crippen LogP contribution in [-0.4, -0.2) is 4.83 Å². The van der Waals surface area contributed by atoms with Crippen molar-refractivity contribution in [2.24, 2.45) is 11.8 Å². The van der Waals surface area contributed by atoms with Gasteiger partial charge in [-0.1, -0.05) is 34.5 Å². The van der Waals surface area contributed by atoms with Crippen LogP contribution in [0.15, 0.2) is 11.6 Å². The van der Waals surface area contributed by atoms with Gasteiger partial charge in [0.05, 0.1) is 0 Å². The molecule has 0 saturated heterocycles. The van der Waals surface area contributed by atoms with Crippen LogP contribution in [0.4, 0.5) is 0 Å². The molecule has 2 rings (SSSR count). The second-order valence-corrected chi connectivity index (χ2v) is 5.05. The molecule has 1 fully saturated rings. The van der Waals surface area contributed by atoms with Crippen LogP contribution in [0, 0.1) is 11.8 Å². The van der Waals surface area contributed by atoms with Gasteiger partial charge in [-0.15, -0.1) is 0 Å². The van der Waals surface area contributed by atoms with Gasteiger partial charge in [-0.05, 0) is 31.1 Å². The lowest BCUT2D eigenvalue weighted by atomic mass is 9.90. The second kappa shape index (κ2) is 2.37. The fourth-order valence-corrected chi connectivity index (χ4v) is 2.94. The van der Waals surface area contributed by atoms with Crippen molar-refractivity contribution in [3.8, 4) is 0 Å². The molecule has 2 aliphatic carbocycles. The molecule has 0 spiro atoms. The molecule has 2 aliphatic rings. The fraction of sp³-hybridized carbons (Fsp3) is 0.778. The smallest absolute Gasteiger partial charge is 0.0151 e. The minimum atomic E-state index is 0.726. The first kappa shape index (κ1) is 6.90. The Balaban J connectivity index is 2.10. The summed E-state index contributed by atoms with van der Waals surface area (Å²) in [5.74, 6) is 1.93. The summed E-state index contributed by atoms with van der Waals surface area (Å²) in [5, 5.41) is 0. The Morgan fingerprint density at radius 1 is 1.60 bits per heavy atom. The predicted octanol–water partition coefficient (Wildman–Crippen LogP) is 3.13. The zero-order valence-electron chi connectivity index (χ0n) is 6.31. The van der Waals surface area contributed by atoms with Crippen molar-refractivity contribution in [1.82, 2.24) is 0 Å². The van der Waals surface area contributed by atoms with E-state index in [2.05, 4.69) is 28.9 Å². The number of allylic oxidation sites excluding steroid dienone is 2. The minimum Gasteiger partial charge on any atom is -0.0890 e. The molecule has 0 radical (unpaired) electrons. The van der Waals surface area contributed by atoms with E-state index in [0.717, 1.165) is 16.7 Å². The minimum absolute atomic E-state index is 0.726. The van der Waals surface area contributed by atoms with Gasteiger partial charge in [-0.3, -0.25) is 0 Å². The number of hydrogen-bond acceptors (Lipinski definition) is 0. The van der Waals surface area contributed by atoms with Crippen LogP contribution in [0.25, 0.3) is 0 Å². The van der Waals surface area contributed by atoms with Gasteiger partial charge in [0, 0.05) is 4.83 Å². The summed E-state index contributed by atoms with van der Waals surface area (Å²) in [6.45, 7) is 2.28. The molecule has 2 bridgehead atoms. The molecule has 56 valence electrons. The van der Waals surface area contributed by atoms with Gasteiger partial charge in [0.2, 0.25) is 0 Å². The fourth-order valence-electron chi connectivity index (χ4n) is 2.32. The lowest BCUT2D eigenvalue weighted by molar-refractivity contribution is 0.392. The van der Waals surface area contributed by atoms with E-state index in [1.807, 2.05) is 0 Å². The number of alkyl halides is 1. The zero-order chi connectivity index (χ0) is 7.14. The number of fused-ring (bicyclic) bond motifs is 2. The van der Waals surface area contributed by atoms with Gasteiger partial charge in [0.25, 0.3) is 0 Å². The maximum atomic E-state index is 3.68. The van der Waals surface area contributed by atoms with E-state index in [9.17, 15) is 0 Å². The van der Waals surface area contributed by atoms with Crippen molar-refractivity contribution in [1.29, 1.82) is 0 Å². The average Bonchev–Trinajstić information content (AvgIpc) is 2.44. The maximum Gasteiger partial charge on any atom is 0.0151 e. The maximum absolute atomic E-state index is 3.68. The highest BCUT2D eigenvalue weighted by molar-refractivity contribution is 9.09. The third kappa shape index (κ3) is 0.952. The number of halogens is 1. The first-order valence-electron chi connectivity index (χ1n) is 4.09. The highest BCUT2D eigenvalue weighted by Crippen LogP contribution is 2.46. The Labute approximate surface area is 70.8 Å². The van der Waals surface area contributed by atoms with Crippen molar-refractivity contribution >= 4 is 15.9 Å². The third-order valence-electron chi connectivity index (χ3n) is 2.93. The van der Waals surface area contributed by atoms with Crippen molar-refractivity contribution in [3.05, 3.63) is 11.6 Å². The van der Waals surface area contributed by atoms with Gasteiger partial charge in [0.1, 0.15) is 0 Å². The lowest BCUT2D eigenvalue weighted by Crippen LogP contribution is -2.16. The van der Waals surface area contributed by atoms with Crippen LogP contribution in [-0.2, 0) is 0 Å². The molecule has 1 saturated carbocycles. The predicted molar refractivity (Wildman–Crippen MR) is 47.3 cm³/mol. The molecule has 0 nitrogen and oxygen atoms in total. The van der Waals surface area contributed by atoms with Crippen molar-refractivity contribution in [3.63, 3.8) is 0 Å². The highest BCUT2D eigenvalue weighted by Gasteiger charge is 2.35. The van der Waals surface area contributed by atoms with Crippen LogP contribution in [0.2, 0.25) is 0 Å². The highest BCUT2D eigenvalue weighted by atomic mass is 79.9. The van der Waals surface area contributed by atoms with Gasteiger partial charge >= 0.3 is 0 Å². The zero-order valence-corrected chi connectivity index (χ0v) is 7.89. The molecule has 3 atom stereocenters. The summed E-state index contributed by atoms with van der Waals surface area (Å²) in [6, 6.07) is 0. The van der Waals surface area contributed by atoms with Crippen molar-refractivity contribution in [2.75, 3.05) is 0 Å². The van der Waals surface area contributed by atoms with Gasteiger partial charge < -0.3 is 0 Å². The Kier molecular flexibility index (Phi) is 1.63. The third-order valence-corrected chi connectivity index (χ3v) is 3.61. The molecule has 0 aromatic heterocycles. The molecular weight excluding hydrogens is 188 g/mol. The molecule has 0 aromatic rings. The second-order valence-electron chi connectivity index (χ2n) is 3.61. The van der Waals surface area contributed by atoms with Crippen LogP contribution in [0.3, 0.4) is 0 Å². The van der Waals surface area contributed by atoms with Gasteiger partial charge in [-0.25, -0.2) is 0 Å². The van der Waals surface area contributed by atoms with E-state index < -0.39 is 0 Å². The summed E-state index contributed by atoms with van der Waals surface area (Å²) >= 11 is 3.68. The van der Waals surface area contributed by atoms with Crippen molar-refractivity contribution in [2.45, 2.75) is 31.0 Å². The van der Waals surface area contributed by atoms with Crippen molar-refractivity contribution < 1.29 is 0 Å². The Morgan fingerprint density at radius 2 is 2.40 bits per heavy atom. The Hall–Kier alpha value is 0.220. The molecule has 10 heavy (non-hydrogen) atoms. The standard InChI is InChI=1S/C9H13Br/c1-6(10)9-5-7-2-3-8(9)4-7/h2,6,8-9H,3-5H2,1H3. The van der Waals surface area contributed by atoms with E-state index in [-0.39, 0.29) is 0 Å². The molecule has 0 amide bonds. The molecule has 3 unspecified atom stereocenters. The van der Waals surface area contributed by atoms with Gasteiger partial charge in [-0.2, -0.15) is 0 Å². The normalized spacial score (nSPS) is 40.0. The van der Waals surface area contributed by atoms with E-state index in [1.165, 1.54) is 19.3 Å². The van der Waals surface area contributed by atoms with E-state index >= 15 is 0 Å². The summed E-state index contributed by atoms with van der Waals surface area (Å²) in [6.07, 6.45) is 6.57. The Morgan fingerprint density at radius 3 is 2.70 bits per heavy atom. The topological polar surface area (TPSA) is 0 Å². The monoisotopic (exact) mass is 200 g/mol. The van der Waals surface area contributed by atoms with Gasteiger partial charge in [0.15, 0.2) is 0 Å². The molecule has 0 N–H and O–H groups in total. The van der Waals surface area contributed by atoms with Crippen LogP contribution in [0.5, 0.6) is 0 Å². The summed E-state index contributed by atoms with van der Waals surface area (Å²) in [7, 11) is 0. The first-order chi connectivity index (χ1) is 4.77. The van der Waals surface area contributed by atoms with E-state index in [1.54, 1.807) is 5.57 Å². The van der Waals surface area contributed by atoms with Crippen LogP contribution in [0.1, 0.15) is 26.2 Å². The van der Waals surface area contributed by atoms with Crippen LogP contribution >= 0.6 is 15.9 Å². The number of rotatable bonds is 1. The Bertz CT molecular complexity index is 170. The first-order valence-corrected chi connectivity index (χ1v) is 5.01. The summed E-state index contributed by atoms with van der Waals surface area (Å²) < 4.78 is 0. The SMILES string of the molecule is CC(Br)C1CC2=CCC1C2. The molecule has 0 aromatic carbocycles. The van der Waals surface area contributed by atoms with Crippen LogP contribution < -0.4 is 0 Å². The molecule has 1 heteroatoms. The summed E-state index contributed by atoms with van der Waals surface area (Å²) in [4.78, 5) is 0.726. The lowest BCUT2D eigenvalue weighted by Gasteiger charge is -2.20. The quantitative estimate of drug-likeness (QED) is 0.451. The molecular formula is C9H13Br. The molecule has 0 aliphatic heterocycles. The molecule has 0 heterocycles.